The SMILES string of the molecule is O=S(=O)(Nc1ccccc1-c1ccc2c(c1)OC[C@H](Cc1csc(-c3ccccc3)n1)[C@H]2O)C(F)(F)F. The van der Waals surface area contributed by atoms with Gasteiger partial charge in [0.15, 0.2) is 0 Å². The van der Waals surface area contributed by atoms with Gasteiger partial charge in [0, 0.05) is 28.0 Å². The number of hydrogen-bond donors (Lipinski definition) is 2. The van der Waals surface area contributed by atoms with Crippen molar-refractivity contribution in [3.05, 3.63) is 89.4 Å². The van der Waals surface area contributed by atoms with Gasteiger partial charge in [0.1, 0.15) is 10.8 Å². The first kappa shape index (κ1) is 25.2. The van der Waals surface area contributed by atoms with Crippen LogP contribution in [-0.2, 0) is 16.4 Å². The highest BCUT2D eigenvalue weighted by molar-refractivity contribution is 7.93. The molecule has 11 heteroatoms. The molecule has 6 nitrogen and oxygen atoms in total. The summed E-state index contributed by atoms with van der Waals surface area (Å²) in [5.41, 5.74) is -2.56. The molecule has 0 saturated carbocycles. The number of halogens is 3. The lowest BCUT2D eigenvalue weighted by atomic mass is 9.88. The fourth-order valence-corrected chi connectivity index (χ4v) is 5.61. The highest BCUT2D eigenvalue weighted by Crippen LogP contribution is 2.41. The third-order valence-electron chi connectivity index (χ3n) is 6.06. The Balaban J connectivity index is 1.36. The number of sulfonamides is 1. The van der Waals surface area contributed by atoms with Gasteiger partial charge in [-0.25, -0.2) is 4.98 Å². The number of benzene rings is 3. The van der Waals surface area contributed by atoms with Crippen LogP contribution in [-0.4, -0.2) is 30.6 Å². The van der Waals surface area contributed by atoms with E-state index in [-0.39, 0.29) is 23.8 Å². The number of anilines is 1. The van der Waals surface area contributed by atoms with Gasteiger partial charge < -0.3 is 9.84 Å². The molecule has 5 rings (SSSR count). The Kier molecular flexibility index (Phi) is 6.69. The van der Waals surface area contributed by atoms with Gasteiger partial charge in [-0.15, -0.1) is 11.3 Å². The van der Waals surface area contributed by atoms with Crippen LogP contribution in [0.3, 0.4) is 0 Å². The lowest BCUT2D eigenvalue weighted by Crippen LogP contribution is -2.30. The van der Waals surface area contributed by atoms with Gasteiger partial charge in [0.05, 0.1) is 24.1 Å². The van der Waals surface area contributed by atoms with Crippen LogP contribution >= 0.6 is 11.3 Å². The summed E-state index contributed by atoms with van der Waals surface area (Å²) in [6.45, 7) is 0.220. The molecule has 0 amide bonds. The summed E-state index contributed by atoms with van der Waals surface area (Å²) < 4.78 is 69.5. The number of aliphatic hydroxyl groups is 1. The Hall–Kier alpha value is -3.41. The fraction of sp³-hybridized carbons (Fsp3) is 0.192. The minimum atomic E-state index is -5.59. The second-order valence-corrected chi connectivity index (χ2v) is 11.1. The molecule has 2 heterocycles. The largest absolute Gasteiger partial charge is 0.516 e. The molecule has 0 spiro atoms. The molecule has 0 fully saturated rings. The molecule has 192 valence electrons. The van der Waals surface area contributed by atoms with E-state index in [4.69, 9.17) is 9.72 Å². The number of alkyl halides is 3. The van der Waals surface area contributed by atoms with E-state index < -0.39 is 21.6 Å². The highest BCUT2D eigenvalue weighted by Gasteiger charge is 2.46. The molecule has 0 radical (unpaired) electrons. The van der Waals surface area contributed by atoms with Crippen LogP contribution in [0.15, 0.2) is 78.2 Å². The number of hydrogen-bond acceptors (Lipinski definition) is 6. The summed E-state index contributed by atoms with van der Waals surface area (Å²) in [4.78, 5) is 4.69. The van der Waals surface area contributed by atoms with Crippen molar-refractivity contribution in [2.45, 2.75) is 18.0 Å². The molecule has 0 bridgehead atoms. The van der Waals surface area contributed by atoms with E-state index in [1.807, 2.05) is 35.7 Å². The average molecular weight is 547 g/mol. The summed E-state index contributed by atoms with van der Waals surface area (Å²) in [5.74, 6) is 0.146. The number of para-hydroxylation sites is 1. The number of aliphatic hydroxyl groups excluding tert-OH is 1. The van der Waals surface area contributed by atoms with Gasteiger partial charge in [-0.1, -0.05) is 60.7 Å². The van der Waals surface area contributed by atoms with Crippen molar-refractivity contribution in [2.75, 3.05) is 11.3 Å². The lowest BCUT2D eigenvalue weighted by molar-refractivity contribution is -0.0429. The zero-order valence-electron chi connectivity index (χ0n) is 19.1. The topological polar surface area (TPSA) is 88.5 Å². The van der Waals surface area contributed by atoms with E-state index in [1.54, 1.807) is 29.0 Å². The predicted octanol–water partition coefficient (Wildman–Crippen LogP) is 6.02. The molecule has 4 aromatic rings. The number of rotatable bonds is 6. The third kappa shape index (κ3) is 5.20. The van der Waals surface area contributed by atoms with Crippen LogP contribution < -0.4 is 9.46 Å². The van der Waals surface area contributed by atoms with E-state index >= 15 is 0 Å². The summed E-state index contributed by atoms with van der Waals surface area (Å²) >= 11 is 1.53. The Morgan fingerprint density at radius 1 is 1.03 bits per heavy atom. The Morgan fingerprint density at radius 3 is 2.51 bits per heavy atom. The monoisotopic (exact) mass is 546 g/mol. The number of thiazole rings is 1. The minimum absolute atomic E-state index is 0.216. The summed E-state index contributed by atoms with van der Waals surface area (Å²) in [5, 5.41) is 13.9. The maximum absolute atomic E-state index is 12.9. The van der Waals surface area contributed by atoms with Crippen molar-refractivity contribution in [2.24, 2.45) is 5.92 Å². The van der Waals surface area contributed by atoms with Crippen molar-refractivity contribution in [1.29, 1.82) is 0 Å². The van der Waals surface area contributed by atoms with Crippen LogP contribution in [0, 0.1) is 5.92 Å². The number of ether oxygens (including phenoxy) is 1. The molecule has 3 aromatic carbocycles. The zero-order valence-corrected chi connectivity index (χ0v) is 20.8. The van der Waals surface area contributed by atoms with Crippen LogP contribution in [0.25, 0.3) is 21.7 Å². The zero-order chi connectivity index (χ0) is 26.2. The van der Waals surface area contributed by atoms with E-state index in [0.717, 1.165) is 16.3 Å². The van der Waals surface area contributed by atoms with Crippen molar-refractivity contribution >= 4 is 27.0 Å². The molecule has 2 atom stereocenters. The molecular formula is C26H21F3N2O4S2. The van der Waals surface area contributed by atoms with E-state index in [2.05, 4.69) is 0 Å². The predicted molar refractivity (Wildman–Crippen MR) is 136 cm³/mol. The Bertz CT molecular complexity index is 1520. The molecule has 1 aromatic heterocycles. The summed E-state index contributed by atoms with van der Waals surface area (Å²) in [6.07, 6.45) is -0.327. The summed E-state index contributed by atoms with van der Waals surface area (Å²) in [7, 11) is -5.59. The number of fused-ring (bicyclic) bond motifs is 1. The second-order valence-electron chi connectivity index (χ2n) is 8.58. The third-order valence-corrected chi connectivity index (χ3v) is 8.10. The number of nitrogens with zero attached hydrogens (tertiary/aromatic N) is 1. The molecular weight excluding hydrogens is 525 g/mol. The van der Waals surface area contributed by atoms with E-state index in [1.165, 1.54) is 29.5 Å². The van der Waals surface area contributed by atoms with Gasteiger partial charge >= 0.3 is 15.5 Å². The van der Waals surface area contributed by atoms with Crippen LogP contribution in [0.5, 0.6) is 5.75 Å². The smallest absolute Gasteiger partial charge is 0.493 e. The molecule has 2 N–H and O–H groups in total. The highest BCUT2D eigenvalue weighted by atomic mass is 32.2. The van der Waals surface area contributed by atoms with Crippen molar-refractivity contribution < 1.29 is 31.4 Å². The number of aromatic nitrogens is 1. The first-order valence-electron chi connectivity index (χ1n) is 11.3. The molecule has 1 aliphatic rings. The fourth-order valence-electron chi connectivity index (χ4n) is 4.19. The Morgan fingerprint density at radius 2 is 1.76 bits per heavy atom. The van der Waals surface area contributed by atoms with Gasteiger partial charge in [-0.3, -0.25) is 4.72 Å². The first-order valence-corrected chi connectivity index (χ1v) is 13.6. The van der Waals surface area contributed by atoms with Crippen molar-refractivity contribution in [3.8, 4) is 27.4 Å². The van der Waals surface area contributed by atoms with Crippen LogP contribution in [0.4, 0.5) is 18.9 Å². The summed E-state index contributed by atoms with van der Waals surface area (Å²) in [6, 6.07) is 20.4. The van der Waals surface area contributed by atoms with Gasteiger partial charge in [0.2, 0.25) is 0 Å². The molecule has 0 aliphatic carbocycles. The van der Waals surface area contributed by atoms with Crippen LogP contribution in [0.2, 0.25) is 0 Å². The van der Waals surface area contributed by atoms with Gasteiger partial charge in [-0.05, 0) is 24.1 Å². The van der Waals surface area contributed by atoms with Gasteiger partial charge in [-0.2, -0.15) is 21.6 Å². The lowest BCUT2D eigenvalue weighted by Gasteiger charge is -2.30. The molecule has 37 heavy (non-hydrogen) atoms. The number of nitrogens with one attached hydrogen (secondary N) is 1. The average Bonchev–Trinajstić information content (AvgIpc) is 3.34. The Labute approximate surface area is 215 Å². The molecule has 0 unspecified atom stereocenters. The van der Waals surface area contributed by atoms with Crippen molar-refractivity contribution in [1.82, 2.24) is 4.98 Å². The quantitative estimate of drug-likeness (QED) is 0.309. The second kappa shape index (κ2) is 9.81. The van der Waals surface area contributed by atoms with Gasteiger partial charge in [0.25, 0.3) is 0 Å². The van der Waals surface area contributed by atoms with E-state index in [0.29, 0.717) is 23.3 Å². The first-order chi connectivity index (χ1) is 17.6. The molecule has 0 saturated heterocycles. The maximum atomic E-state index is 12.9. The normalized spacial score (nSPS) is 17.6. The van der Waals surface area contributed by atoms with Crippen molar-refractivity contribution in [3.63, 3.8) is 0 Å². The molecule has 1 aliphatic heterocycles. The van der Waals surface area contributed by atoms with E-state index in [9.17, 15) is 26.7 Å². The maximum Gasteiger partial charge on any atom is 0.516 e. The van der Waals surface area contributed by atoms with Crippen LogP contribution in [0.1, 0.15) is 17.4 Å². The minimum Gasteiger partial charge on any atom is -0.493 e. The standard InChI is InChI=1S/C26H21F3N2O4S2/c27-26(28,29)37(33,34)31-22-9-5-4-8-20(22)17-10-11-21-23(13-17)35-14-18(24(21)32)12-19-15-36-25(30-19)16-6-2-1-3-7-16/h1-11,13,15,18,24,31-32H,12,14H2/t18-,24+/m0/s1.